The van der Waals surface area contributed by atoms with E-state index in [-0.39, 0.29) is 5.92 Å². The van der Waals surface area contributed by atoms with Gasteiger partial charge in [0.1, 0.15) is 0 Å². The zero-order valence-corrected chi connectivity index (χ0v) is 11.5. The highest BCUT2D eigenvalue weighted by atomic mass is 15.4. The van der Waals surface area contributed by atoms with Gasteiger partial charge >= 0.3 is 0 Å². The second kappa shape index (κ2) is 4.63. The van der Waals surface area contributed by atoms with Crippen molar-refractivity contribution < 1.29 is 0 Å². The van der Waals surface area contributed by atoms with Gasteiger partial charge in [0.25, 0.3) is 0 Å². The Hall–Kier alpha value is -2.82. The van der Waals surface area contributed by atoms with Crippen LogP contribution in [0.5, 0.6) is 0 Å². The lowest BCUT2D eigenvalue weighted by Gasteiger charge is -2.10. The SMILES string of the molecule is CC(c1ccc2ncccc2c1)c1nnc2cccnn12. The van der Waals surface area contributed by atoms with E-state index in [2.05, 4.69) is 45.4 Å². The Morgan fingerprint density at radius 2 is 1.90 bits per heavy atom. The molecule has 0 aliphatic heterocycles. The van der Waals surface area contributed by atoms with Crippen molar-refractivity contribution in [1.82, 2.24) is 24.8 Å². The predicted octanol–water partition coefficient (Wildman–Crippen LogP) is 2.82. The molecule has 0 aliphatic rings. The Kier molecular flexibility index (Phi) is 2.64. The smallest absolute Gasteiger partial charge is 0.177 e. The second-order valence-corrected chi connectivity index (χ2v) is 5.03. The molecule has 4 rings (SSSR count). The standard InChI is InChI=1S/C16H13N5/c1-11(16-20-19-15-5-3-9-18-21(15)16)12-6-7-14-13(10-12)4-2-8-17-14/h2-11H,1H3. The fraction of sp³-hybridized carbons (Fsp3) is 0.125. The van der Waals surface area contributed by atoms with Crippen molar-refractivity contribution in [3.05, 3.63) is 66.2 Å². The van der Waals surface area contributed by atoms with Crippen LogP contribution in [0.2, 0.25) is 0 Å². The van der Waals surface area contributed by atoms with Crippen LogP contribution in [-0.2, 0) is 0 Å². The fourth-order valence-corrected chi connectivity index (χ4v) is 2.54. The molecule has 21 heavy (non-hydrogen) atoms. The van der Waals surface area contributed by atoms with Gasteiger partial charge in [-0.15, -0.1) is 10.2 Å². The van der Waals surface area contributed by atoms with Crippen molar-refractivity contribution in [3.63, 3.8) is 0 Å². The Labute approximate surface area is 121 Å². The molecule has 0 fully saturated rings. The number of pyridine rings is 1. The molecule has 0 N–H and O–H groups in total. The highest BCUT2D eigenvalue weighted by molar-refractivity contribution is 5.79. The average Bonchev–Trinajstić information content (AvgIpc) is 2.98. The summed E-state index contributed by atoms with van der Waals surface area (Å²) in [5.74, 6) is 0.952. The van der Waals surface area contributed by atoms with Gasteiger partial charge in [0.05, 0.1) is 5.52 Å². The van der Waals surface area contributed by atoms with Crippen LogP contribution in [0.1, 0.15) is 24.2 Å². The highest BCUT2D eigenvalue weighted by Gasteiger charge is 2.16. The van der Waals surface area contributed by atoms with E-state index >= 15 is 0 Å². The lowest BCUT2D eigenvalue weighted by molar-refractivity contribution is 0.751. The third-order valence-electron chi connectivity index (χ3n) is 3.72. The lowest BCUT2D eigenvalue weighted by Crippen LogP contribution is -2.04. The number of nitrogens with zero attached hydrogens (tertiary/aromatic N) is 5. The lowest BCUT2D eigenvalue weighted by atomic mass is 9.98. The molecule has 4 aromatic rings. The third kappa shape index (κ3) is 1.94. The van der Waals surface area contributed by atoms with Gasteiger partial charge in [0.2, 0.25) is 0 Å². The van der Waals surface area contributed by atoms with Gasteiger partial charge in [0.15, 0.2) is 11.5 Å². The predicted molar refractivity (Wildman–Crippen MR) is 80.0 cm³/mol. The van der Waals surface area contributed by atoms with E-state index in [1.54, 1.807) is 16.9 Å². The summed E-state index contributed by atoms with van der Waals surface area (Å²) in [6, 6.07) is 14.1. The van der Waals surface area contributed by atoms with E-state index in [0.717, 1.165) is 22.4 Å². The summed E-state index contributed by atoms with van der Waals surface area (Å²) in [5, 5.41) is 13.9. The number of aromatic nitrogens is 5. The Bertz CT molecular complexity index is 928. The summed E-state index contributed by atoms with van der Waals surface area (Å²) in [5.41, 5.74) is 2.94. The summed E-state index contributed by atoms with van der Waals surface area (Å²) in [6.07, 6.45) is 3.55. The van der Waals surface area contributed by atoms with E-state index in [1.165, 1.54) is 5.56 Å². The second-order valence-electron chi connectivity index (χ2n) is 5.03. The minimum Gasteiger partial charge on any atom is -0.256 e. The van der Waals surface area contributed by atoms with Gasteiger partial charge in [-0.25, -0.2) is 0 Å². The van der Waals surface area contributed by atoms with E-state index in [1.807, 2.05) is 24.3 Å². The summed E-state index contributed by atoms with van der Waals surface area (Å²) in [4.78, 5) is 4.35. The average molecular weight is 275 g/mol. The van der Waals surface area contributed by atoms with Gasteiger partial charge in [-0.2, -0.15) is 9.61 Å². The Balaban J connectivity index is 1.83. The first-order valence-electron chi connectivity index (χ1n) is 6.84. The van der Waals surface area contributed by atoms with Gasteiger partial charge in [-0.05, 0) is 35.9 Å². The number of rotatable bonds is 2. The van der Waals surface area contributed by atoms with E-state index in [0.29, 0.717) is 0 Å². The van der Waals surface area contributed by atoms with Crippen LogP contribution in [0, 0.1) is 0 Å². The number of hydrogen-bond acceptors (Lipinski definition) is 4. The molecule has 1 aromatic carbocycles. The molecule has 102 valence electrons. The molecule has 5 nitrogen and oxygen atoms in total. The van der Waals surface area contributed by atoms with Crippen molar-refractivity contribution in [2.24, 2.45) is 0 Å². The third-order valence-corrected chi connectivity index (χ3v) is 3.72. The molecule has 0 radical (unpaired) electrons. The molecule has 1 atom stereocenters. The molecule has 0 saturated carbocycles. The monoisotopic (exact) mass is 275 g/mol. The van der Waals surface area contributed by atoms with Gasteiger partial charge in [-0.1, -0.05) is 19.1 Å². The normalized spacial score (nSPS) is 12.8. The van der Waals surface area contributed by atoms with E-state index in [9.17, 15) is 0 Å². The van der Waals surface area contributed by atoms with E-state index in [4.69, 9.17) is 0 Å². The van der Waals surface area contributed by atoms with Crippen LogP contribution in [0.15, 0.2) is 54.9 Å². The Morgan fingerprint density at radius 1 is 1.00 bits per heavy atom. The topological polar surface area (TPSA) is 56.0 Å². The minimum absolute atomic E-state index is 0.111. The first-order chi connectivity index (χ1) is 10.3. The molecule has 0 spiro atoms. The van der Waals surface area contributed by atoms with Crippen molar-refractivity contribution in [3.8, 4) is 0 Å². The van der Waals surface area contributed by atoms with Crippen LogP contribution in [-0.4, -0.2) is 24.8 Å². The zero-order valence-electron chi connectivity index (χ0n) is 11.5. The molecule has 5 heteroatoms. The van der Waals surface area contributed by atoms with Gasteiger partial charge in [-0.3, -0.25) is 4.98 Å². The highest BCUT2D eigenvalue weighted by Crippen LogP contribution is 2.25. The van der Waals surface area contributed by atoms with Crippen LogP contribution in [0.25, 0.3) is 16.6 Å². The molecule has 0 bridgehead atoms. The van der Waals surface area contributed by atoms with E-state index < -0.39 is 0 Å². The number of hydrogen-bond donors (Lipinski definition) is 0. The van der Waals surface area contributed by atoms with Gasteiger partial charge in [0, 0.05) is 23.7 Å². The maximum Gasteiger partial charge on any atom is 0.177 e. The molecule has 0 aliphatic carbocycles. The maximum atomic E-state index is 4.35. The maximum absolute atomic E-state index is 4.35. The van der Waals surface area contributed by atoms with Crippen molar-refractivity contribution in [2.45, 2.75) is 12.8 Å². The fourth-order valence-electron chi connectivity index (χ4n) is 2.54. The van der Waals surface area contributed by atoms with Crippen molar-refractivity contribution in [1.29, 1.82) is 0 Å². The summed E-state index contributed by atoms with van der Waals surface area (Å²) < 4.78 is 1.79. The molecular formula is C16H13N5. The first kappa shape index (κ1) is 12.0. The summed E-state index contributed by atoms with van der Waals surface area (Å²) in [7, 11) is 0. The minimum atomic E-state index is 0.111. The van der Waals surface area contributed by atoms with Crippen LogP contribution < -0.4 is 0 Å². The molecule has 1 unspecified atom stereocenters. The van der Waals surface area contributed by atoms with Crippen LogP contribution in [0.3, 0.4) is 0 Å². The molecule has 0 amide bonds. The largest absolute Gasteiger partial charge is 0.256 e. The first-order valence-corrected chi connectivity index (χ1v) is 6.84. The number of fused-ring (bicyclic) bond motifs is 2. The van der Waals surface area contributed by atoms with Crippen molar-refractivity contribution >= 4 is 16.6 Å². The molecule has 3 heterocycles. The van der Waals surface area contributed by atoms with Crippen molar-refractivity contribution in [2.75, 3.05) is 0 Å². The summed E-state index contributed by atoms with van der Waals surface area (Å²) >= 11 is 0. The molecule has 3 aromatic heterocycles. The molecular weight excluding hydrogens is 262 g/mol. The Morgan fingerprint density at radius 3 is 2.86 bits per heavy atom. The zero-order chi connectivity index (χ0) is 14.2. The molecule has 0 saturated heterocycles. The quantitative estimate of drug-likeness (QED) is 0.564. The number of benzene rings is 1. The summed E-state index contributed by atoms with van der Waals surface area (Å²) in [6.45, 7) is 2.11. The van der Waals surface area contributed by atoms with Crippen LogP contribution >= 0.6 is 0 Å². The van der Waals surface area contributed by atoms with Crippen LogP contribution in [0.4, 0.5) is 0 Å². The van der Waals surface area contributed by atoms with Gasteiger partial charge < -0.3 is 0 Å².